The van der Waals surface area contributed by atoms with Crippen LogP contribution in [0.15, 0.2) is 18.2 Å². The summed E-state index contributed by atoms with van der Waals surface area (Å²) in [7, 11) is 0. The Morgan fingerprint density at radius 2 is 1.89 bits per heavy atom. The molecule has 2 nitrogen and oxygen atoms in total. The molecule has 2 heteroatoms. The molecular weight excluding hydrogens is 224 g/mol. The molecule has 1 aromatic rings. The fourth-order valence-electron chi connectivity index (χ4n) is 1.67. The molecule has 0 saturated carbocycles. The van der Waals surface area contributed by atoms with Gasteiger partial charge in [-0.2, -0.15) is 0 Å². The SMILES string of the molecule is Cc1ccc(OCC(=O)C(C)C)c(C(C)(C)C)c1. The van der Waals surface area contributed by atoms with Crippen LogP contribution in [0.1, 0.15) is 45.7 Å². The summed E-state index contributed by atoms with van der Waals surface area (Å²) in [6, 6.07) is 6.11. The number of ketones is 1. The van der Waals surface area contributed by atoms with Crippen LogP contribution in [0, 0.1) is 12.8 Å². The van der Waals surface area contributed by atoms with Crippen molar-refractivity contribution in [1.29, 1.82) is 0 Å². The van der Waals surface area contributed by atoms with Crippen molar-refractivity contribution in [3.8, 4) is 5.75 Å². The Balaban J connectivity index is 2.92. The minimum atomic E-state index is 0.0161. The standard InChI is InChI=1S/C16H24O2/c1-11(2)14(17)10-18-15-8-7-12(3)9-13(15)16(4,5)6/h7-9,11H,10H2,1-6H3. The Morgan fingerprint density at radius 1 is 1.28 bits per heavy atom. The van der Waals surface area contributed by atoms with E-state index in [0.717, 1.165) is 11.3 Å². The lowest BCUT2D eigenvalue weighted by molar-refractivity contribution is -0.123. The highest BCUT2D eigenvalue weighted by Gasteiger charge is 2.20. The van der Waals surface area contributed by atoms with E-state index >= 15 is 0 Å². The molecule has 0 aliphatic rings. The van der Waals surface area contributed by atoms with Gasteiger partial charge in [0.05, 0.1) is 0 Å². The van der Waals surface area contributed by atoms with Crippen LogP contribution in [0.3, 0.4) is 0 Å². The van der Waals surface area contributed by atoms with Gasteiger partial charge in [0, 0.05) is 5.92 Å². The molecule has 0 fully saturated rings. The van der Waals surface area contributed by atoms with Crippen LogP contribution in [0.2, 0.25) is 0 Å². The summed E-state index contributed by atoms with van der Waals surface area (Å²) in [6.07, 6.45) is 0. The number of ether oxygens (including phenoxy) is 1. The van der Waals surface area contributed by atoms with Crippen LogP contribution >= 0.6 is 0 Å². The number of benzene rings is 1. The summed E-state index contributed by atoms with van der Waals surface area (Å²) in [6.45, 7) is 12.5. The molecule has 0 unspecified atom stereocenters. The number of rotatable bonds is 4. The van der Waals surface area contributed by atoms with E-state index in [-0.39, 0.29) is 23.7 Å². The Labute approximate surface area is 110 Å². The van der Waals surface area contributed by atoms with Gasteiger partial charge in [0.1, 0.15) is 12.4 Å². The lowest BCUT2D eigenvalue weighted by Crippen LogP contribution is -2.19. The number of aryl methyl sites for hydroxylation is 1. The molecule has 0 amide bonds. The molecule has 0 spiro atoms. The molecule has 0 N–H and O–H groups in total. The van der Waals surface area contributed by atoms with Crippen molar-refractivity contribution in [2.24, 2.45) is 5.92 Å². The molecule has 100 valence electrons. The predicted octanol–water partition coefficient (Wildman–Crippen LogP) is 3.90. The van der Waals surface area contributed by atoms with E-state index in [1.807, 2.05) is 26.0 Å². The maximum atomic E-state index is 11.6. The van der Waals surface area contributed by atoms with Gasteiger partial charge in [0.2, 0.25) is 0 Å². The first kappa shape index (κ1) is 14.7. The van der Waals surface area contributed by atoms with Crippen molar-refractivity contribution in [1.82, 2.24) is 0 Å². The van der Waals surface area contributed by atoms with E-state index < -0.39 is 0 Å². The fraction of sp³-hybridized carbons (Fsp3) is 0.562. The van der Waals surface area contributed by atoms with Gasteiger partial charge in [-0.1, -0.05) is 52.3 Å². The van der Waals surface area contributed by atoms with E-state index in [2.05, 4.69) is 33.8 Å². The summed E-state index contributed by atoms with van der Waals surface area (Å²) in [5.74, 6) is 0.978. The van der Waals surface area contributed by atoms with Gasteiger partial charge < -0.3 is 4.74 Å². The predicted molar refractivity (Wildman–Crippen MR) is 75.2 cm³/mol. The topological polar surface area (TPSA) is 26.3 Å². The van der Waals surface area contributed by atoms with Crippen molar-refractivity contribution >= 4 is 5.78 Å². The fourth-order valence-corrected chi connectivity index (χ4v) is 1.67. The zero-order valence-electron chi connectivity index (χ0n) is 12.3. The Morgan fingerprint density at radius 3 is 2.39 bits per heavy atom. The van der Waals surface area contributed by atoms with Crippen LogP contribution in [0.5, 0.6) is 5.75 Å². The molecule has 18 heavy (non-hydrogen) atoms. The van der Waals surface area contributed by atoms with Crippen LogP contribution in [0.25, 0.3) is 0 Å². The summed E-state index contributed by atoms with van der Waals surface area (Å²) >= 11 is 0. The third kappa shape index (κ3) is 3.86. The second-order valence-corrected chi connectivity index (χ2v) is 6.16. The van der Waals surface area contributed by atoms with Crippen LogP contribution in [-0.4, -0.2) is 12.4 Å². The zero-order chi connectivity index (χ0) is 13.9. The van der Waals surface area contributed by atoms with Gasteiger partial charge in [0.15, 0.2) is 5.78 Å². The van der Waals surface area contributed by atoms with E-state index in [4.69, 9.17) is 4.74 Å². The first-order valence-corrected chi connectivity index (χ1v) is 6.48. The molecular formula is C16H24O2. The van der Waals surface area contributed by atoms with Gasteiger partial charge in [-0.3, -0.25) is 4.79 Å². The number of hydrogen-bond acceptors (Lipinski definition) is 2. The van der Waals surface area contributed by atoms with Gasteiger partial charge in [-0.25, -0.2) is 0 Å². The van der Waals surface area contributed by atoms with Crippen LogP contribution in [0.4, 0.5) is 0 Å². The smallest absolute Gasteiger partial charge is 0.172 e. The Hall–Kier alpha value is -1.31. The normalized spacial score (nSPS) is 11.7. The molecule has 0 aliphatic carbocycles. The minimum absolute atomic E-state index is 0.0161. The number of hydrogen-bond donors (Lipinski definition) is 0. The highest BCUT2D eigenvalue weighted by molar-refractivity contribution is 5.81. The van der Waals surface area contributed by atoms with Crippen molar-refractivity contribution in [3.05, 3.63) is 29.3 Å². The van der Waals surface area contributed by atoms with E-state index in [9.17, 15) is 4.79 Å². The van der Waals surface area contributed by atoms with Crippen molar-refractivity contribution in [2.75, 3.05) is 6.61 Å². The molecule has 1 rings (SSSR count). The Kier molecular flexibility index (Phi) is 4.55. The number of carbonyl (C=O) groups is 1. The highest BCUT2D eigenvalue weighted by Crippen LogP contribution is 2.32. The lowest BCUT2D eigenvalue weighted by Gasteiger charge is -2.23. The lowest BCUT2D eigenvalue weighted by atomic mass is 9.85. The maximum absolute atomic E-state index is 11.6. The highest BCUT2D eigenvalue weighted by atomic mass is 16.5. The first-order chi connectivity index (χ1) is 8.21. The van der Waals surface area contributed by atoms with Crippen molar-refractivity contribution in [3.63, 3.8) is 0 Å². The van der Waals surface area contributed by atoms with E-state index in [1.165, 1.54) is 5.56 Å². The van der Waals surface area contributed by atoms with E-state index in [1.54, 1.807) is 0 Å². The summed E-state index contributed by atoms with van der Waals surface area (Å²) in [4.78, 5) is 11.6. The molecule has 0 heterocycles. The van der Waals surface area contributed by atoms with Crippen LogP contribution in [-0.2, 0) is 10.2 Å². The monoisotopic (exact) mass is 248 g/mol. The average molecular weight is 248 g/mol. The van der Waals surface area contributed by atoms with Gasteiger partial charge in [-0.05, 0) is 24.0 Å². The maximum Gasteiger partial charge on any atom is 0.172 e. The summed E-state index contributed by atoms with van der Waals surface area (Å²) < 4.78 is 5.69. The third-order valence-corrected chi connectivity index (χ3v) is 2.96. The van der Waals surface area contributed by atoms with Crippen molar-refractivity contribution in [2.45, 2.75) is 47.0 Å². The van der Waals surface area contributed by atoms with E-state index in [0.29, 0.717) is 0 Å². The van der Waals surface area contributed by atoms with Crippen LogP contribution < -0.4 is 4.74 Å². The number of Topliss-reactive ketones (excluding diaryl/α,β-unsaturated/α-hetero) is 1. The summed E-state index contributed by atoms with van der Waals surface area (Å²) in [5.41, 5.74) is 2.38. The molecule has 0 aliphatic heterocycles. The minimum Gasteiger partial charge on any atom is -0.486 e. The largest absolute Gasteiger partial charge is 0.486 e. The molecule has 0 radical (unpaired) electrons. The first-order valence-electron chi connectivity index (χ1n) is 6.48. The molecule has 1 aromatic carbocycles. The number of carbonyl (C=O) groups excluding carboxylic acids is 1. The average Bonchev–Trinajstić information content (AvgIpc) is 2.25. The molecule has 0 atom stereocenters. The quantitative estimate of drug-likeness (QED) is 0.808. The second-order valence-electron chi connectivity index (χ2n) is 6.16. The van der Waals surface area contributed by atoms with Crippen molar-refractivity contribution < 1.29 is 9.53 Å². The zero-order valence-corrected chi connectivity index (χ0v) is 12.3. The second kappa shape index (κ2) is 5.55. The van der Waals surface area contributed by atoms with Gasteiger partial charge in [-0.15, -0.1) is 0 Å². The third-order valence-electron chi connectivity index (χ3n) is 2.96. The summed E-state index contributed by atoms with van der Waals surface area (Å²) in [5, 5.41) is 0. The van der Waals surface area contributed by atoms with Gasteiger partial charge >= 0.3 is 0 Å². The van der Waals surface area contributed by atoms with Gasteiger partial charge in [0.25, 0.3) is 0 Å². The molecule has 0 bridgehead atoms. The molecule has 0 aromatic heterocycles. The molecule has 0 saturated heterocycles. The Bertz CT molecular complexity index is 425.